The van der Waals surface area contributed by atoms with Crippen molar-refractivity contribution >= 4 is 39.1 Å². The molecule has 2 N–H and O–H groups in total. The van der Waals surface area contributed by atoms with Crippen LogP contribution in [-0.4, -0.2) is 21.7 Å². The molecule has 25 heavy (non-hydrogen) atoms. The van der Waals surface area contributed by atoms with Gasteiger partial charge in [-0.15, -0.1) is 0 Å². The van der Waals surface area contributed by atoms with Gasteiger partial charge in [-0.05, 0) is 29.8 Å². The van der Waals surface area contributed by atoms with E-state index in [2.05, 4.69) is 21.2 Å². The highest BCUT2D eigenvalue weighted by Gasteiger charge is 2.39. The normalized spacial score (nSPS) is 18.8. The molecule has 2 aromatic carbocycles. The van der Waals surface area contributed by atoms with Crippen molar-refractivity contribution in [1.29, 1.82) is 0 Å². The van der Waals surface area contributed by atoms with Crippen LogP contribution in [0.5, 0.6) is 0 Å². The summed E-state index contributed by atoms with van der Waals surface area (Å²) in [5.74, 6) is -1.97. The molecule has 126 valence electrons. The number of amides is 1. The van der Waals surface area contributed by atoms with E-state index in [1.807, 2.05) is 0 Å². The molecule has 0 saturated carbocycles. The van der Waals surface area contributed by atoms with Crippen LogP contribution in [0.25, 0.3) is 5.76 Å². The Balaban J connectivity index is 2.07. The molecule has 2 aromatic rings. The first-order chi connectivity index (χ1) is 11.9. The van der Waals surface area contributed by atoms with E-state index in [1.165, 1.54) is 24.3 Å². The number of nitrogens with zero attached hydrogens (tertiary/aromatic N) is 1. The zero-order valence-electron chi connectivity index (χ0n) is 12.6. The zero-order valence-corrected chi connectivity index (χ0v) is 14.2. The number of hydrogen-bond acceptors (Lipinski definition) is 5. The topological polar surface area (TPSA) is 110 Å². The molecular weight excluding hydrogens is 392 g/mol. The predicted molar refractivity (Wildman–Crippen MR) is 92.7 cm³/mol. The van der Waals surface area contributed by atoms with E-state index in [9.17, 15) is 24.8 Å². The van der Waals surface area contributed by atoms with Crippen LogP contribution in [0.2, 0.25) is 0 Å². The fraction of sp³-hybridized carbons (Fsp3) is 0.0588. The van der Waals surface area contributed by atoms with Crippen LogP contribution in [0.4, 0.5) is 5.69 Å². The van der Waals surface area contributed by atoms with Crippen molar-refractivity contribution < 1.29 is 19.6 Å². The lowest BCUT2D eigenvalue weighted by Crippen LogP contribution is -2.21. The van der Waals surface area contributed by atoms with Crippen LogP contribution in [0.15, 0.2) is 58.6 Å². The van der Waals surface area contributed by atoms with Crippen molar-refractivity contribution in [2.24, 2.45) is 0 Å². The number of rotatable bonds is 3. The van der Waals surface area contributed by atoms with Crippen molar-refractivity contribution in [2.75, 3.05) is 0 Å². The number of carbonyl (C=O) groups is 2. The lowest BCUT2D eigenvalue weighted by atomic mass is 9.96. The molecule has 7 nitrogen and oxygen atoms in total. The highest BCUT2D eigenvalue weighted by molar-refractivity contribution is 9.10. The van der Waals surface area contributed by atoms with E-state index in [4.69, 9.17) is 0 Å². The molecule has 1 heterocycles. The Hall–Kier alpha value is -3.00. The van der Waals surface area contributed by atoms with Gasteiger partial charge in [0.25, 0.3) is 17.4 Å². The number of ketones is 1. The molecule has 1 atom stereocenters. The van der Waals surface area contributed by atoms with Crippen molar-refractivity contribution in [3.63, 3.8) is 0 Å². The molecule has 0 aromatic heterocycles. The van der Waals surface area contributed by atoms with Crippen molar-refractivity contribution in [3.05, 3.63) is 79.8 Å². The predicted octanol–water partition coefficient (Wildman–Crippen LogP) is 3.07. The Morgan fingerprint density at radius 1 is 1.08 bits per heavy atom. The lowest BCUT2D eigenvalue weighted by molar-refractivity contribution is -0.384. The van der Waals surface area contributed by atoms with Crippen LogP contribution in [0, 0.1) is 10.1 Å². The van der Waals surface area contributed by atoms with Crippen molar-refractivity contribution in [3.8, 4) is 0 Å². The quantitative estimate of drug-likeness (QED) is 0.269. The summed E-state index contributed by atoms with van der Waals surface area (Å²) in [5.41, 5.74) is 0.654. The summed E-state index contributed by atoms with van der Waals surface area (Å²) in [6, 6.07) is 11.2. The van der Waals surface area contributed by atoms with Gasteiger partial charge in [-0.3, -0.25) is 19.7 Å². The molecule has 0 aliphatic carbocycles. The number of nitro benzene ring substituents is 1. The minimum atomic E-state index is -0.871. The van der Waals surface area contributed by atoms with E-state index in [0.717, 1.165) is 4.47 Å². The van der Waals surface area contributed by atoms with Crippen LogP contribution >= 0.6 is 15.9 Å². The van der Waals surface area contributed by atoms with E-state index >= 15 is 0 Å². The number of nitrogens with one attached hydrogen (secondary N) is 1. The van der Waals surface area contributed by atoms with Gasteiger partial charge in [0, 0.05) is 22.2 Å². The number of carbonyl (C=O) groups excluding carboxylic acids is 2. The third-order valence-electron chi connectivity index (χ3n) is 3.82. The summed E-state index contributed by atoms with van der Waals surface area (Å²) in [6.45, 7) is 0. The Morgan fingerprint density at radius 3 is 2.24 bits per heavy atom. The third kappa shape index (κ3) is 3.16. The van der Waals surface area contributed by atoms with Gasteiger partial charge < -0.3 is 10.4 Å². The molecule has 0 bridgehead atoms. The summed E-state index contributed by atoms with van der Waals surface area (Å²) in [7, 11) is 0. The molecule has 1 saturated heterocycles. The molecule has 1 aliphatic heterocycles. The average Bonchev–Trinajstić information content (AvgIpc) is 2.90. The van der Waals surface area contributed by atoms with Crippen molar-refractivity contribution in [2.45, 2.75) is 6.04 Å². The SMILES string of the molecule is O=C1N[C@H](c2ccc([N+](=O)[O-])cc2)C(=C(O)c2ccc(Br)cc2)C1=O. The van der Waals surface area contributed by atoms with E-state index < -0.39 is 22.7 Å². The second-order valence-electron chi connectivity index (χ2n) is 5.35. The number of non-ortho nitro benzene ring substituents is 1. The molecule has 0 radical (unpaired) electrons. The van der Waals surface area contributed by atoms with Gasteiger partial charge in [-0.2, -0.15) is 0 Å². The van der Waals surface area contributed by atoms with Gasteiger partial charge in [-0.25, -0.2) is 0 Å². The zero-order chi connectivity index (χ0) is 18.1. The third-order valence-corrected chi connectivity index (χ3v) is 4.35. The van der Waals surface area contributed by atoms with E-state index in [-0.39, 0.29) is 17.0 Å². The number of aliphatic hydroxyl groups excluding tert-OH is 1. The van der Waals surface area contributed by atoms with Crippen molar-refractivity contribution in [1.82, 2.24) is 5.32 Å². The summed E-state index contributed by atoms with van der Waals surface area (Å²) >= 11 is 3.28. The fourth-order valence-electron chi connectivity index (χ4n) is 2.57. The number of Topliss-reactive ketones (excluding diaryl/α,β-unsaturated/α-hetero) is 1. The second-order valence-corrected chi connectivity index (χ2v) is 6.27. The first kappa shape index (κ1) is 16.8. The Bertz CT molecular complexity index is 904. The molecular formula is C17H11BrN2O5. The summed E-state index contributed by atoms with van der Waals surface area (Å²) in [4.78, 5) is 34.2. The first-order valence-corrected chi connectivity index (χ1v) is 7.96. The monoisotopic (exact) mass is 402 g/mol. The van der Waals surface area contributed by atoms with Crippen LogP contribution < -0.4 is 5.32 Å². The molecule has 1 amide bonds. The number of aliphatic hydroxyl groups is 1. The summed E-state index contributed by atoms with van der Waals surface area (Å²) < 4.78 is 0.799. The highest BCUT2D eigenvalue weighted by atomic mass is 79.9. The maximum absolute atomic E-state index is 12.2. The second kappa shape index (κ2) is 6.48. The Morgan fingerprint density at radius 2 is 1.68 bits per heavy atom. The molecule has 0 spiro atoms. The fourth-order valence-corrected chi connectivity index (χ4v) is 2.83. The largest absolute Gasteiger partial charge is 0.507 e. The molecule has 0 unspecified atom stereocenters. The maximum Gasteiger partial charge on any atom is 0.293 e. The van der Waals surface area contributed by atoms with Crippen LogP contribution in [0.1, 0.15) is 17.2 Å². The summed E-state index contributed by atoms with van der Waals surface area (Å²) in [6.07, 6.45) is 0. The van der Waals surface area contributed by atoms with E-state index in [1.54, 1.807) is 24.3 Å². The smallest absolute Gasteiger partial charge is 0.293 e. The Kier molecular flexibility index (Phi) is 4.37. The Labute approximate surface area is 150 Å². The highest BCUT2D eigenvalue weighted by Crippen LogP contribution is 2.33. The first-order valence-electron chi connectivity index (χ1n) is 7.17. The maximum atomic E-state index is 12.2. The van der Waals surface area contributed by atoms with Gasteiger partial charge in [0.2, 0.25) is 0 Å². The average molecular weight is 403 g/mol. The molecule has 1 aliphatic rings. The van der Waals surface area contributed by atoms with Gasteiger partial charge in [-0.1, -0.05) is 28.1 Å². The van der Waals surface area contributed by atoms with E-state index in [0.29, 0.717) is 11.1 Å². The number of benzene rings is 2. The minimum Gasteiger partial charge on any atom is -0.507 e. The standard InChI is InChI=1S/C17H11BrN2O5/c18-11-5-1-10(2-6-11)15(21)13-14(19-17(23)16(13)22)9-3-7-12(8-4-9)20(24)25/h1-8,14,21H,(H,19,23)/t14-/m1/s1. The number of nitro groups is 1. The molecule has 1 fully saturated rings. The van der Waals surface area contributed by atoms with Crippen LogP contribution in [-0.2, 0) is 9.59 Å². The molecule has 8 heteroatoms. The van der Waals surface area contributed by atoms with Crippen LogP contribution in [0.3, 0.4) is 0 Å². The van der Waals surface area contributed by atoms with Gasteiger partial charge in [0.15, 0.2) is 0 Å². The van der Waals surface area contributed by atoms with Gasteiger partial charge in [0.05, 0.1) is 16.5 Å². The van der Waals surface area contributed by atoms with Gasteiger partial charge >= 0.3 is 0 Å². The number of halogens is 1. The minimum absolute atomic E-state index is 0.0822. The summed E-state index contributed by atoms with van der Waals surface area (Å²) in [5, 5.41) is 23.8. The lowest BCUT2D eigenvalue weighted by Gasteiger charge is -2.13. The van der Waals surface area contributed by atoms with Gasteiger partial charge in [0.1, 0.15) is 5.76 Å². The number of hydrogen-bond donors (Lipinski definition) is 2. The molecule has 3 rings (SSSR count).